The van der Waals surface area contributed by atoms with E-state index in [2.05, 4.69) is 9.97 Å². The molecule has 4 aromatic rings. The molecule has 0 aliphatic carbocycles. The standard InChI is InChI=1S/C19H16N4O2S/c1-25-14-4-2-3-12(7-14)10-23-11-22-18-15(19(23)24)8-16(26-18)13-5-6-17(20)21-9-13/h2-9,11H,10H2,1H3,(H2,20,21). The molecule has 3 heterocycles. The maximum Gasteiger partial charge on any atom is 0.262 e. The lowest BCUT2D eigenvalue weighted by Gasteiger charge is -2.07. The SMILES string of the molecule is COc1cccc(Cn2cnc3sc(-c4ccc(N)nc4)cc3c2=O)c1. The van der Waals surface area contributed by atoms with E-state index in [1.165, 1.54) is 11.3 Å². The average molecular weight is 364 g/mol. The number of benzene rings is 1. The van der Waals surface area contributed by atoms with Gasteiger partial charge in [-0.2, -0.15) is 0 Å². The van der Waals surface area contributed by atoms with E-state index in [0.717, 1.165) is 21.8 Å². The van der Waals surface area contributed by atoms with E-state index in [-0.39, 0.29) is 5.56 Å². The van der Waals surface area contributed by atoms with Gasteiger partial charge >= 0.3 is 0 Å². The van der Waals surface area contributed by atoms with Gasteiger partial charge < -0.3 is 10.5 Å². The van der Waals surface area contributed by atoms with Gasteiger partial charge in [0.1, 0.15) is 16.4 Å². The van der Waals surface area contributed by atoms with Gasteiger partial charge in [0.05, 0.1) is 25.4 Å². The molecular formula is C19H16N4O2S. The molecule has 0 saturated heterocycles. The summed E-state index contributed by atoms with van der Waals surface area (Å²) in [6.07, 6.45) is 3.29. The smallest absolute Gasteiger partial charge is 0.262 e. The van der Waals surface area contributed by atoms with E-state index in [1.54, 1.807) is 30.3 Å². The number of ether oxygens (including phenoxy) is 1. The molecule has 0 aliphatic rings. The van der Waals surface area contributed by atoms with Crippen molar-refractivity contribution in [3.8, 4) is 16.2 Å². The fraction of sp³-hybridized carbons (Fsp3) is 0.105. The summed E-state index contributed by atoms with van der Waals surface area (Å²) < 4.78 is 6.84. The maximum absolute atomic E-state index is 12.8. The second-order valence-corrected chi connectivity index (χ2v) is 6.86. The summed E-state index contributed by atoms with van der Waals surface area (Å²) in [5, 5.41) is 0.604. The molecule has 1 aromatic carbocycles. The molecular weight excluding hydrogens is 348 g/mol. The molecule has 0 unspecified atom stereocenters. The summed E-state index contributed by atoms with van der Waals surface area (Å²) >= 11 is 1.47. The minimum atomic E-state index is -0.0660. The van der Waals surface area contributed by atoms with Crippen LogP contribution in [0.3, 0.4) is 0 Å². The number of thiophene rings is 1. The summed E-state index contributed by atoms with van der Waals surface area (Å²) in [5.41, 5.74) is 7.46. The van der Waals surface area contributed by atoms with Crippen molar-refractivity contribution in [1.82, 2.24) is 14.5 Å². The lowest BCUT2D eigenvalue weighted by Crippen LogP contribution is -2.20. The van der Waals surface area contributed by atoms with E-state index < -0.39 is 0 Å². The van der Waals surface area contributed by atoms with Crippen LogP contribution in [0.2, 0.25) is 0 Å². The number of anilines is 1. The Hall–Kier alpha value is -3.19. The van der Waals surface area contributed by atoms with Crippen molar-refractivity contribution in [3.05, 3.63) is 70.9 Å². The Morgan fingerprint density at radius 1 is 1.19 bits per heavy atom. The normalized spacial score (nSPS) is 11.0. The van der Waals surface area contributed by atoms with Crippen molar-refractivity contribution >= 4 is 27.4 Å². The van der Waals surface area contributed by atoms with Gasteiger partial charge in [-0.15, -0.1) is 11.3 Å². The predicted molar refractivity (Wildman–Crippen MR) is 104 cm³/mol. The van der Waals surface area contributed by atoms with Gasteiger partial charge in [-0.05, 0) is 35.9 Å². The van der Waals surface area contributed by atoms with Crippen molar-refractivity contribution in [2.45, 2.75) is 6.54 Å². The quantitative estimate of drug-likeness (QED) is 0.601. The van der Waals surface area contributed by atoms with E-state index in [1.807, 2.05) is 36.4 Å². The third-order valence-electron chi connectivity index (χ3n) is 4.08. The highest BCUT2D eigenvalue weighted by atomic mass is 32.1. The van der Waals surface area contributed by atoms with Crippen molar-refractivity contribution in [2.75, 3.05) is 12.8 Å². The van der Waals surface area contributed by atoms with Crippen molar-refractivity contribution < 1.29 is 4.74 Å². The monoisotopic (exact) mass is 364 g/mol. The first-order valence-corrected chi connectivity index (χ1v) is 8.79. The molecule has 7 heteroatoms. The summed E-state index contributed by atoms with van der Waals surface area (Å²) in [6.45, 7) is 0.438. The highest BCUT2D eigenvalue weighted by Gasteiger charge is 2.11. The molecule has 0 amide bonds. The summed E-state index contributed by atoms with van der Waals surface area (Å²) in [4.78, 5) is 23.1. The van der Waals surface area contributed by atoms with Crippen LogP contribution in [0.15, 0.2) is 59.8 Å². The van der Waals surface area contributed by atoms with Gasteiger partial charge in [0.15, 0.2) is 0 Å². The molecule has 3 aromatic heterocycles. The number of fused-ring (bicyclic) bond motifs is 1. The van der Waals surface area contributed by atoms with Gasteiger partial charge in [-0.3, -0.25) is 9.36 Å². The van der Waals surface area contributed by atoms with Crippen LogP contribution in [0.4, 0.5) is 5.82 Å². The lowest BCUT2D eigenvalue weighted by molar-refractivity contribution is 0.414. The molecule has 0 atom stereocenters. The minimum absolute atomic E-state index is 0.0660. The number of methoxy groups -OCH3 is 1. The minimum Gasteiger partial charge on any atom is -0.497 e. The molecule has 6 nitrogen and oxygen atoms in total. The Morgan fingerprint density at radius 2 is 2.08 bits per heavy atom. The van der Waals surface area contributed by atoms with Crippen LogP contribution >= 0.6 is 11.3 Å². The molecule has 0 saturated carbocycles. The van der Waals surface area contributed by atoms with Gasteiger partial charge in [0, 0.05) is 16.6 Å². The second-order valence-electron chi connectivity index (χ2n) is 5.83. The van der Waals surface area contributed by atoms with Gasteiger partial charge in [-0.1, -0.05) is 12.1 Å². The zero-order valence-electron chi connectivity index (χ0n) is 14.0. The van der Waals surface area contributed by atoms with Crippen molar-refractivity contribution in [1.29, 1.82) is 0 Å². The summed E-state index contributed by atoms with van der Waals surface area (Å²) in [5.74, 6) is 1.23. The number of hydrogen-bond acceptors (Lipinski definition) is 6. The first kappa shape index (κ1) is 16.3. The number of nitrogens with zero attached hydrogens (tertiary/aromatic N) is 3. The first-order valence-electron chi connectivity index (χ1n) is 7.98. The maximum atomic E-state index is 12.8. The Kier molecular flexibility index (Phi) is 4.14. The van der Waals surface area contributed by atoms with Crippen LogP contribution < -0.4 is 16.0 Å². The van der Waals surface area contributed by atoms with Crippen molar-refractivity contribution in [3.63, 3.8) is 0 Å². The van der Waals surface area contributed by atoms with Crippen LogP contribution in [0, 0.1) is 0 Å². The van der Waals surface area contributed by atoms with Gasteiger partial charge in [0.25, 0.3) is 5.56 Å². The van der Waals surface area contributed by atoms with Gasteiger partial charge in [-0.25, -0.2) is 9.97 Å². The summed E-state index contributed by atoms with van der Waals surface area (Å²) in [7, 11) is 1.62. The number of aromatic nitrogens is 3. The highest BCUT2D eigenvalue weighted by Crippen LogP contribution is 2.30. The van der Waals surface area contributed by atoms with Crippen LogP contribution in [-0.2, 0) is 6.54 Å². The van der Waals surface area contributed by atoms with E-state index in [9.17, 15) is 4.79 Å². The van der Waals surface area contributed by atoms with Gasteiger partial charge in [0.2, 0.25) is 0 Å². The molecule has 0 spiro atoms. The highest BCUT2D eigenvalue weighted by molar-refractivity contribution is 7.21. The largest absolute Gasteiger partial charge is 0.497 e. The third-order valence-corrected chi connectivity index (χ3v) is 5.17. The zero-order chi connectivity index (χ0) is 18.1. The number of hydrogen-bond donors (Lipinski definition) is 1. The van der Waals surface area contributed by atoms with Crippen LogP contribution in [0.25, 0.3) is 20.7 Å². The number of rotatable bonds is 4. The second kappa shape index (κ2) is 6.61. The fourth-order valence-electron chi connectivity index (χ4n) is 2.73. The molecule has 130 valence electrons. The first-order chi connectivity index (χ1) is 12.6. The molecule has 0 bridgehead atoms. The fourth-order valence-corrected chi connectivity index (χ4v) is 3.71. The Morgan fingerprint density at radius 3 is 2.85 bits per heavy atom. The molecule has 0 radical (unpaired) electrons. The Bertz CT molecular complexity index is 1130. The molecule has 26 heavy (non-hydrogen) atoms. The van der Waals surface area contributed by atoms with Crippen LogP contribution in [-0.4, -0.2) is 21.6 Å². The van der Waals surface area contributed by atoms with E-state index in [4.69, 9.17) is 10.5 Å². The zero-order valence-corrected chi connectivity index (χ0v) is 14.9. The Labute approximate surface area is 153 Å². The Balaban J connectivity index is 1.72. The van der Waals surface area contributed by atoms with Crippen LogP contribution in [0.1, 0.15) is 5.56 Å². The average Bonchev–Trinajstić information content (AvgIpc) is 3.10. The number of pyridine rings is 1. The predicted octanol–water partition coefficient (Wildman–Crippen LogP) is 3.16. The summed E-state index contributed by atoms with van der Waals surface area (Å²) in [6, 6.07) is 13.1. The number of nitrogens with two attached hydrogens (primary N) is 1. The van der Waals surface area contributed by atoms with E-state index in [0.29, 0.717) is 22.6 Å². The molecule has 0 aliphatic heterocycles. The topological polar surface area (TPSA) is 83.0 Å². The van der Waals surface area contributed by atoms with E-state index >= 15 is 0 Å². The number of nitrogen functional groups attached to an aromatic ring is 1. The third kappa shape index (κ3) is 3.04. The molecule has 4 rings (SSSR count). The van der Waals surface area contributed by atoms with Crippen molar-refractivity contribution in [2.24, 2.45) is 0 Å². The molecule has 2 N–H and O–H groups in total. The molecule has 0 fully saturated rings. The van der Waals surface area contributed by atoms with Crippen LogP contribution in [0.5, 0.6) is 5.75 Å². The lowest BCUT2D eigenvalue weighted by atomic mass is 10.2.